The fourth-order valence-corrected chi connectivity index (χ4v) is 3.08. The molecule has 0 atom stereocenters. The molecule has 0 aliphatic carbocycles. The first kappa shape index (κ1) is 13.0. The number of nitrogens with zero attached hydrogens (tertiary/aromatic N) is 4. The van der Waals surface area contributed by atoms with E-state index in [2.05, 4.69) is 83.1 Å². The molecule has 0 aliphatic rings. The van der Waals surface area contributed by atoms with Crippen molar-refractivity contribution in [1.29, 1.82) is 0 Å². The van der Waals surface area contributed by atoms with E-state index in [0.29, 0.717) is 0 Å². The van der Waals surface area contributed by atoms with Gasteiger partial charge in [-0.05, 0) is 92.0 Å². The lowest BCUT2D eigenvalue weighted by Crippen LogP contribution is -1.92. The minimum atomic E-state index is 0.828. The predicted octanol–water partition coefficient (Wildman–Crippen LogP) is 3.61. The fraction of sp³-hybridized carbons (Fsp3) is 0. The average Bonchev–Trinajstić information content (AvgIpc) is 2.78. The van der Waals surface area contributed by atoms with Gasteiger partial charge in [0.1, 0.15) is 14.9 Å². The molecule has 4 nitrogen and oxygen atoms in total. The molecule has 7 heteroatoms. The smallest absolute Gasteiger partial charge is 0.140 e. The van der Waals surface area contributed by atoms with Gasteiger partial charge in [-0.15, -0.1) is 5.10 Å². The van der Waals surface area contributed by atoms with Crippen molar-refractivity contribution in [3.8, 4) is 11.4 Å². The number of hydrogen-bond acceptors (Lipinski definition) is 3. The first-order chi connectivity index (χ1) is 8.66. The number of fused-ring (bicyclic) bond motifs is 1. The summed E-state index contributed by atoms with van der Waals surface area (Å²) in [5.74, 6) is 0. The van der Waals surface area contributed by atoms with E-state index in [0.717, 1.165) is 27.7 Å². The molecular weight excluding hydrogens is 569 g/mol. The Morgan fingerprint density at radius 1 is 1.00 bits per heavy atom. The van der Waals surface area contributed by atoms with Crippen molar-refractivity contribution in [2.45, 2.75) is 0 Å². The van der Waals surface area contributed by atoms with Gasteiger partial charge in [-0.2, -0.15) is 0 Å². The Morgan fingerprint density at radius 3 is 2.61 bits per heavy atom. The highest BCUT2D eigenvalue weighted by atomic mass is 127. The molecule has 3 aromatic heterocycles. The summed E-state index contributed by atoms with van der Waals surface area (Å²) in [4.78, 5) is 4.57. The first-order valence-electron chi connectivity index (χ1n) is 4.99. The van der Waals surface area contributed by atoms with Gasteiger partial charge in [0.25, 0.3) is 0 Å². The van der Waals surface area contributed by atoms with E-state index in [1.54, 1.807) is 4.52 Å². The Balaban J connectivity index is 2.28. The summed E-state index contributed by atoms with van der Waals surface area (Å²) >= 11 is 6.79. The lowest BCUT2D eigenvalue weighted by Gasteiger charge is -2.01. The van der Waals surface area contributed by atoms with Crippen molar-refractivity contribution in [2.75, 3.05) is 0 Å². The molecule has 18 heavy (non-hydrogen) atoms. The summed E-state index contributed by atoms with van der Waals surface area (Å²) in [6.45, 7) is 0. The molecule has 0 amide bonds. The van der Waals surface area contributed by atoms with Crippen molar-refractivity contribution in [1.82, 2.24) is 19.8 Å². The van der Waals surface area contributed by atoms with Gasteiger partial charge in [0, 0.05) is 13.3 Å². The van der Waals surface area contributed by atoms with Gasteiger partial charge < -0.3 is 0 Å². The van der Waals surface area contributed by atoms with Crippen LogP contribution in [0.15, 0.2) is 30.5 Å². The van der Waals surface area contributed by atoms with Crippen molar-refractivity contribution in [3.05, 3.63) is 41.3 Å². The summed E-state index contributed by atoms with van der Waals surface area (Å²) < 4.78 is 5.02. The Labute approximate surface area is 144 Å². The number of rotatable bonds is 1. The van der Waals surface area contributed by atoms with Crippen LogP contribution in [-0.2, 0) is 0 Å². The summed E-state index contributed by atoms with van der Waals surface area (Å²) in [7, 11) is 0. The van der Waals surface area contributed by atoms with E-state index in [1.807, 2.05) is 30.5 Å². The molecule has 0 saturated carbocycles. The molecule has 0 fully saturated rings. The van der Waals surface area contributed by atoms with E-state index in [9.17, 15) is 0 Å². The van der Waals surface area contributed by atoms with E-state index in [4.69, 9.17) is 0 Å². The molecule has 3 aromatic rings. The Bertz CT molecular complexity index is 738. The zero-order valence-electron chi connectivity index (χ0n) is 8.81. The van der Waals surface area contributed by atoms with Gasteiger partial charge in [-0.1, -0.05) is 5.21 Å². The molecule has 3 heterocycles. The molecule has 0 radical (unpaired) electrons. The van der Waals surface area contributed by atoms with Crippen LogP contribution in [0.5, 0.6) is 0 Å². The summed E-state index contributed by atoms with van der Waals surface area (Å²) in [6.07, 6.45) is 1.89. The van der Waals surface area contributed by atoms with E-state index < -0.39 is 0 Å². The van der Waals surface area contributed by atoms with Crippen LogP contribution >= 0.6 is 67.8 Å². The number of halogens is 3. The Hall–Kier alpha value is -0.0400. The largest absolute Gasteiger partial charge is 0.239 e. The molecular formula is C11H5I3N4. The predicted molar refractivity (Wildman–Crippen MR) is 94.4 cm³/mol. The summed E-state index contributed by atoms with van der Waals surface area (Å²) in [5.41, 5.74) is 2.69. The van der Waals surface area contributed by atoms with Gasteiger partial charge in [-0.25, -0.2) is 9.50 Å². The number of hydrogen-bond donors (Lipinski definition) is 0. The first-order valence-corrected chi connectivity index (χ1v) is 8.22. The molecule has 0 saturated heterocycles. The number of pyridine rings is 2. The van der Waals surface area contributed by atoms with E-state index >= 15 is 0 Å². The van der Waals surface area contributed by atoms with Gasteiger partial charge >= 0.3 is 0 Å². The maximum atomic E-state index is 4.57. The topological polar surface area (TPSA) is 43.1 Å². The fourth-order valence-electron chi connectivity index (χ4n) is 1.63. The minimum absolute atomic E-state index is 0.828. The third-order valence-corrected chi connectivity index (χ3v) is 6.03. The molecule has 0 N–H and O–H groups in total. The van der Waals surface area contributed by atoms with Crippen LogP contribution in [0.3, 0.4) is 0 Å². The normalized spacial score (nSPS) is 11.1. The highest BCUT2D eigenvalue weighted by Crippen LogP contribution is 2.25. The molecule has 3 rings (SSSR count). The van der Waals surface area contributed by atoms with Gasteiger partial charge in [0.2, 0.25) is 0 Å². The van der Waals surface area contributed by atoms with Crippen LogP contribution in [0.1, 0.15) is 0 Å². The minimum Gasteiger partial charge on any atom is -0.239 e. The quantitative estimate of drug-likeness (QED) is 0.330. The van der Waals surface area contributed by atoms with Crippen LogP contribution in [0, 0.1) is 10.8 Å². The molecule has 0 aliphatic heterocycles. The second-order valence-electron chi connectivity index (χ2n) is 3.56. The van der Waals surface area contributed by atoms with Crippen LogP contribution in [0.4, 0.5) is 0 Å². The maximum Gasteiger partial charge on any atom is 0.140 e. The van der Waals surface area contributed by atoms with Gasteiger partial charge in [0.15, 0.2) is 0 Å². The number of aromatic nitrogens is 4. The second-order valence-corrected chi connectivity index (χ2v) is 6.90. The van der Waals surface area contributed by atoms with Gasteiger partial charge in [0.05, 0.1) is 5.69 Å². The summed E-state index contributed by atoms with van der Waals surface area (Å²) in [5, 5.41) is 8.36. The van der Waals surface area contributed by atoms with Crippen LogP contribution in [-0.4, -0.2) is 19.8 Å². The maximum absolute atomic E-state index is 4.57. The molecule has 0 aromatic carbocycles. The molecule has 0 bridgehead atoms. The lowest BCUT2D eigenvalue weighted by molar-refractivity contribution is 0.855. The zero-order valence-corrected chi connectivity index (χ0v) is 15.3. The third-order valence-electron chi connectivity index (χ3n) is 2.44. The highest BCUT2D eigenvalue weighted by Gasteiger charge is 2.13. The van der Waals surface area contributed by atoms with Gasteiger partial charge in [-0.3, -0.25) is 0 Å². The van der Waals surface area contributed by atoms with Crippen LogP contribution in [0.25, 0.3) is 16.9 Å². The Kier molecular flexibility index (Phi) is 3.71. The Morgan fingerprint density at radius 2 is 1.83 bits per heavy atom. The van der Waals surface area contributed by atoms with Crippen molar-refractivity contribution in [3.63, 3.8) is 0 Å². The van der Waals surface area contributed by atoms with E-state index in [1.165, 1.54) is 0 Å². The monoisotopic (exact) mass is 574 g/mol. The van der Waals surface area contributed by atoms with Crippen LogP contribution < -0.4 is 0 Å². The van der Waals surface area contributed by atoms with Crippen molar-refractivity contribution < 1.29 is 0 Å². The molecule has 0 unspecified atom stereocenters. The highest BCUT2D eigenvalue weighted by molar-refractivity contribution is 14.1. The van der Waals surface area contributed by atoms with E-state index in [-0.39, 0.29) is 0 Å². The van der Waals surface area contributed by atoms with Crippen molar-refractivity contribution >= 4 is 73.3 Å². The summed E-state index contributed by atoms with van der Waals surface area (Å²) in [6, 6.07) is 8.03. The molecule has 90 valence electrons. The zero-order chi connectivity index (χ0) is 12.7. The average molecular weight is 574 g/mol. The lowest BCUT2D eigenvalue weighted by atomic mass is 10.2. The molecule has 0 spiro atoms. The van der Waals surface area contributed by atoms with Crippen molar-refractivity contribution in [2.24, 2.45) is 0 Å². The standard InChI is InChI=1S/C11H5I3N4/c12-6-2-1-5-18-10(6)9(16-17-18)8-4-3-7(13)11(14)15-8/h1-5H. The van der Waals surface area contributed by atoms with Crippen LogP contribution in [0.2, 0.25) is 0 Å². The third kappa shape index (κ3) is 2.24. The second kappa shape index (κ2) is 5.15. The SMILES string of the molecule is Ic1ccc(-c2nnn3cccc(I)c23)nc1I.